The Morgan fingerprint density at radius 3 is 1.25 bits per heavy atom. The standard InChI is InChI=1S/N2S2/c1-2-4-3-1. The highest BCUT2D eigenvalue weighted by Gasteiger charge is 1.64. The van der Waals surface area contributed by atoms with Crippen molar-refractivity contribution in [3.8, 4) is 0 Å². The van der Waals surface area contributed by atoms with Crippen LogP contribution in [0.4, 0.5) is 0 Å². The van der Waals surface area contributed by atoms with Crippen LogP contribution in [0.5, 0.6) is 0 Å². The molecule has 1 heterocycles. The van der Waals surface area contributed by atoms with E-state index in [0.29, 0.717) is 0 Å². The second kappa shape index (κ2) is 0.775. The predicted octanol–water partition coefficient (Wildman–Crippen LogP) is 0.600. The summed E-state index contributed by atoms with van der Waals surface area (Å²) in [5.41, 5.74) is 0. The summed E-state index contributed by atoms with van der Waals surface area (Å²) in [7, 11) is 2.82. The number of hydrogen-bond acceptors (Lipinski definition) is 4. The van der Waals surface area contributed by atoms with Crippen LogP contribution in [-0.4, -0.2) is 8.98 Å². The fourth-order valence-corrected chi connectivity index (χ4v) is 0.300. The smallest absolute Gasteiger partial charge is 0.0663 e. The summed E-state index contributed by atoms with van der Waals surface area (Å²) >= 11 is 0. The number of rotatable bonds is 0. The van der Waals surface area contributed by atoms with Gasteiger partial charge in [-0.3, -0.25) is 0 Å². The van der Waals surface area contributed by atoms with E-state index in [1.807, 2.05) is 0 Å². The molecule has 0 aromatic carbocycles. The van der Waals surface area contributed by atoms with Gasteiger partial charge in [-0.25, -0.2) is 0 Å². The zero-order valence-corrected chi connectivity index (χ0v) is 3.34. The molecule has 0 bridgehead atoms. The Labute approximate surface area is 30.8 Å². The summed E-state index contributed by atoms with van der Waals surface area (Å²) in [6.07, 6.45) is 0. The molecule has 0 fully saturated rings. The molecule has 0 aliphatic carbocycles. The fraction of sp³-hybridized carbons (Fsp3) is 0. The van der Waals surface area contributed by atoms with Gasteiger partial charge in [0, 0.05) is 0 Å². The lowest BCUT2D eigenvalue weighted by Crippen LogP contribution is -1.61. The van der Waals surface area contributed by atoms with Crippen molar-refractivity contribution in [2.45, 2.75) is 0 Å². The van der Waals surface area contributed by atoms with Gasteiger partial charge in [0.15, 0.2) is 0 Å². The van der Waals surface area contributed by atoms with E-state index < -0.39 is 0 Å². The van der Waals surface area contributed by atoms with Gasteiger partial charge >= 0.3 is 0 Å². The first-order chi connectivity index (χ1) is 2.00. The first-order valence-corrected chi connectivity index (χ1v) is 2.80. The van der Waals surface area contributed by atoms with E-state index in [0.717, 1.165) is 0 Å². The number of hydrogen-bond donors (Lipinski definition) is 0. The third-order valence-electron chi connectivity index (χ3n) is 0.133. The molecular formula is N2S2. The molecule has 4 heteroatoms. The molecule has 1 rings (SSSR count). The average Bonchev–Trinajstić information content (AvgIpc) is 0.722. The first-order valence-electron chi connectivity index (χ1n) is 0.732. The van der Waals surface area contributed by atoms with E-state index in [9.17, 15) is 0 Å². The van der Waals surface area contributed by atoms with E-state index in [4.69, 9.17) is 0 Å². The van der Waals surface area contributed by atoms with Gasteiger partial charge in [-0.05, 0) is 0 Å². The molecule has 0 amide bonds. The summed E-state index contributed by atoms with van der Waals surface area (Å²) in [4.78, 5) is 0. The quantitative estimate of drug-likeness (QED) is 0.438. The molecule has 0 N–H and O–H groups in total. The zero-order valence-electron chi connectivity index (χ0n) is 1.71. The van der Waals surface area contributed by atoms with Crippen molar-refractivity contribution in [1.82, 2.24) is 8.98 Å². The van der Waals surface area contributed by atoms with Gasteiger partial charge in [-0.15, -0.1) is 0 Å². The number of nitrogens with zero attached hydrogens (tertiary/aromatic N) is 2. The monoisotopic (exact) mass is 92.0 g/mol. The lowest BCUT2D eigenvalue weighted by Gasteiger charge is -1.63. The molecule has 0 atom stereocenters. The van der Waals surface area contributed by atoms with Crippen molar-refractivity contribution < 1.29 is 0 Å². The van der Waals surface area contributed by atoms with Crippen molar-refractivity contribution in [2.75, 3.05) is 0 Å². The second-order valence-electron chi connectivity index (χ2n) is 0.312. The van der Waals surface area contributed by atoms with Crippen LogP contribution in [0.25, 0.3) is 0 Å². The van der Waals surface area contributed by atoms with Gasteiger partial charge in [0.05, 0.1) is 21.1 Å². The van der Waals surface area contributed by atoms with Crippen LogP contribution < -0.4 is 0 Å². The number of aromatic nitrogens is 2. The van der Waals surface area contributed by atoms with E-state index in [2.05, 4.69) is 8.98 Å². The van der Waals surface area contributed by atoms with Crippen molar-refractivity contribution in [2.24, 2.45) is 0 Å². The Morgan fingerprint density at radius 1 is 1.00 bits per heavy atom. The molecule has 0 saturated carbocycles. The van der Waals surface area contributed by atoms with Gasteiger partial charge < -0.3 is 0 Å². The van der Waals surface area contributed by atoms with E-state index >= 15 is 0 Å². The fourth-order valence-electron chi connectivity index (χ4n) is 0.0333. The third kappa shape index (κ3) is 0.135. The van der Waals surface area contributed by atoms with Crippen LogP contribution in [0, 0.1) is 0 Å². The summed E-state index contributed by atoms with van der Waals surface area (Å²) in [6, 6.07) is 0. The van der Waals surface area contributed by atoms with Crippen LogP contribution in [0.15, 0.2) is 0 Å². The maximum Gasteiger partial charge on any atom is 0.0663 e. The minimum Gasteiger partial charge on any atom is -0.0663 e. The molecule has 1 aromatic heterocycles. The third-order valence-corrected chi connectivity index (χ3v) is 1.20. The van der Waals surface area contributed by atoms with Crippen molar-refractivity contribution >= 4 is 21.1 Å². The highest BCUT2D eigenvalue weighted by atomic mass is 32.9. The molecule has 0 radical (unpaired) electrons. The van der Waals surface area contributed by atoms with Crippen LogP contribution in [-0.2, 0) is 0 Å². The van der Waals surface area contributed by atoms with E-state index in [-0.39, 0.29) is 0 Å². The summed E-state index contributed by atoms with van der Waals surface area (Å²) in [5.74, 6) is 0. The molecule has 0 aliphatic rings. The highest BCUT2D eigenvalue weighted by molar-refractivity contribution is 7.65. The van der Waals surface area contributed by atoms with Crippen LogP contribution in [0.2, 0.25) is 0 Å². The second-order valence-corrected chi connectivity index (χ2v) is 1.83. The minimum atomic E-state index is 1.41. The summed E-state index contributed by atoms with van der Waals surface area (Å²) in [5, 5.41) is 0. The maximum absolute atomic E-state index is 3.42. The van der Waals surface area contributed by atoms with Crippen LogP contribution in [0.3, 0.4) is 0 Å². The van der Waals surface area contributed by atoms with Gasteiger partial charge in [0.25, 0.3) is 0 Å². The molecule has 4 heavy (non-hydrogen) atoms. The largest absolute Gasteiger partial charge is 0.0663 e. The van der Waals surface area contributed by atoms with Gasteiger partial charge in [-0.1, -0.05) is 8.98 Å². The van der Waals surface area contributed by atoms with Crippen LogP contribution in [0.1, 0.15) is 0 Å². The Morgan fingerprint density at radius 2 is 1.25 bits per heavy atom. The highest BCUT2D eigenvalue weighted by Crippen LogP contribution is 1.91. The van der Waals surface area contributed by atoms with Gasteiger partial charge in [0.1, 0.15) is 0 Å². The normalized spacial score (nSPS) is 8.00. The van der Waals surface area contributed by atoms with Gasteiger partial charge in [-0.2, -0.15) is 0 Å². The Kier molecular flexibility index (Phi) is 0.443. The lowest BCUT2D eigenvalue weighted by molar-refractivity contribution is 1.24. The van der Waals surface area contributed by atoms with Crippen molar-refractivity contribution in [1.29, 1.82) is 0 Å². The average molecular weight is 92.1 g/mol. The van der Waals surface area contributed by atoms with Crippen LogP contribution >= 0.6 is 21.1 Å². The Hall–Kier alpha value is 0.0400. The molecule has 0 saturated heterocycles. The minimum absolute atomic E-state index is 1.41. The first kappa shape index (κ1) is 2.29. The molecule has 22 valence electrons. The molecule has 1 aromatic rings. The molecule has 0 aliphatic heterocycles. The van der Waals surface area contributed by atoms with E-state index in [1.54, 1.807) is 0 Å². The summed E-state index contributed by atoms with van der Waals surface area (Å²) < 4.78 is 6.84. The predicted molar refractivity (Wildman–Crippen MR) is 17.8 cm³/mol. The SMILES string of the molecule is n1nss1. The molecule has 2 nitrogen and oxygen atoms in total. The Bertz CT molecular complexity index is 45.8. The van der Waals surface area contributed by atoms with E-state index in [1.165, 1.54) is 21.1 Å². The van der Waals surface area contributed by atoms with Crippen molar-refractivity contribution in [3.05, 3.63) is 0 Å². The molecular weight excluding hydrogens is 92.1 g/mol. The zero-order chi connectivity index (χ0) is 2.83. The lowest BCUT2D eigenvalue weighted by atomic mass is 13.2. The molecule has 0 spiro atoms. The van der Waals surface area contributed by atoms with Gasteiger partial charge in [0.2, 0.25) is 0 Å². The molecule has 0 unspecified atom stereocenters. The topological polar surface area (TPSA) is 25.8 Å². The Balaban J connectivity index is 3.00. The summed E-state index contributed by atoms with van der Waals surface area (Å²) in [6.45, 7) is 0. The maximum atomic E-state index is 3.42. The van der Waals surface area contributed by atoms with Crippen molar-refractivity contribution in [3.63, 3.8) is 0 Å².